The number of nitrogens with one attached hydrogen (secondary N) is 2. The van der Waals surface area contributed by atoms with Crippen LogP contribution in [0.5, 0.6) is 0 Å². The number of carbonyl (C=O) groups is 1. The Hall–Kier alpha value is -2.89. The van der Waals surface area contributed by atoms with Crippen molar-refractivity contribution >= 4 is 56.1 Å². The number of benzene rings is 2. The Bertz CT molecular complexity index is 1130. The van der Waals surface area contributed by atoms with E-state index < -0.39 is 22.8 Å². The van der Waals surface area contributed by atoms with Gasteiger partial charge in [0.2, 0.25) is 5.95 Å². The number of aromatic nitrogens is 2. The fourth-order valence-electron chi connectivity index (χ4n) is 2.53. The Morgan fingerprint density at radius 2 is 2.00 bits per heavy atom. The number of nitrogens with two attached hydrogens (primary N) is 1. The van der Waals surface area contributed by atoms with Crippen LogP contribution in [0.25, 0.3) is 0 Å². The number of aryl methyl sites for hydroxylation is 1. The largest absolute Gasteiger partial charge is 0.365 e. The van der Waals surface area contributed by atoms with Gasteiger partial charge in [-0.05, 0) is 58.7 Å². The Balaban J connectivity index is 1.91. The highest BCUT2D eigenvalue weighted by Crippen LogP contribution is 2.28. The molecule has 1 heterocycles. The molecule has 0 saturated carbocycles. The summed E-state index contributed by atoms with van der Waals surface area (Å²) in [6.45, 7) is 1.77. The molecule has 2 aromatic carbocycles. The Morgan fingerprint density at radius 3 is 2.66 bits per heavy atom. The number of hydrogen-bond acceptors (Lipinski definition) is 6. The minimum atomic E-state index is -2.08. The monoisotopic (exact) mass is 479 g/mol. The van der Waals surface area contributed by atoms with Gasteiger partial charge in [0.05, 0.1) is 20.6 Å². The normalized spacial score (nSPS) is 11.7. The molecule has 3 rings (SSSR count). The van der Waals surface area contributed by atoms with Crippen molar-refractivity contribution in [2.75, 3.05) is 10.6 Å². The van der Waals surface area contributed by atoms with Gasteiger partial charge in [-0.25, -0.2) is 13.6 Å². The summed E-state index contributed by atoms with van der Waals surface area (Å²) < 4.78 is 34.8. The predicted molar refractivity (Wildman–Crippen MR) is 111 cm³/mol. The predicted octanol–water partition coefficient (Wildman–Crippen LogP) is 3.85. The molecule has 150 valence electrons. The number of nitrogens with zero attached hydrogens (tertiary/aromatic N) is 2. The van der Waals surface area contributed by atoms with E-state index in [-0.39, 0.29) is 27.9 Å². The van der Waals surface area contributed by atoms with Crippen molar-refractivity contribution in [1.82, 2.24) is 9.97 Å². The van der Waals surface area contributed by atoms with E-state index in [0.717, 1.165) is 6.07 Å². The lowest BCUT2D eigenvalue weighted by Crippen LogP contribution is -2.16. The van der Waals surface area contributed by atoms with E-state index in [0.29, 0.717) is 15.7 Å². The second-order valence-corrected chi connectivity index (χ2v) is 7.72. The molecule has 5 N–H and O–H groups in total. The minimum Gasteiger partial charge on any atom is -0.365 e. The number of carbonyl (C=O) groups excluding carboxylic acids is 1. The molecule has 0 bridgehead atoms. The van der Waals surface area contributed by atoms with Gasteiger partial charge in [0.1, 0.15) is 11.6 Å². The second kappa shape index (κ2) is 8.64. The number of halogens is 2. The van der Waals surface area contributed by atoms with Gasteiger partial charge in [-0.2, -0.15) is 4.98 Å². The number of anilines is 4. The quantitative estimate of drug-likeness (QED) is 0.394. The van der Waals surface area contributed by atoms with Crippen LogP contribution in [0.3, 0.4) is 0 Å². The first-order valence-electron chi connectivity index (χ1n) is 8.12. The van der Waals surface area contributed by atoms with Gasteiger partial charge in [-0.3, -0.25) is 4.79 Å². The summed E-state index contributed by atoms with van der Waals surface area (Å²) in [4.78, 5) is 20.4. The number of hydrogen-bond donors (Lipinski definition) is 4. The molecule has 0 aliphatic heterocycles. The van der Waals surface area contributed by atoms with Crippen LogP contribution in [0.2, 0.25) is 0 Å². The SMILES string of the molecule is Cc1cc(S(=O)O)ccc1Nc1ncc(Br)c(Nc2cccc(F)c2C(N)=O)n1. The van der Waals surface area contributed by atoms with Gasteiger partial charge in [-0.1, -0.05) is 6.07 Å². The van der Waals surface area contributed by atoms with Crippen molar-refractivity contribution in [3.63, 3.8) is 0 Å². The first-order valence-corrected chi connectivity index (χ1v) is 10.0. The average Bonchev–Trinajstić information content (AvgIpc) is 2.65. The van der Waals surface area contributed by atoms with Crippen molar-refractivity contribution in [2.45, 2.75) is 11.8 Å². The smallest absolute Gasteiger partial charge is 0.253 e. The lowest BCUT2D eigenvalue weighted by atomic mass is 10.1. The second-order valence-electron chi connectivity index (χ2n) is 5.89. The summed E-state index contributed by atoms with van der Waals surface area (Å²) in [6.07, 6.45) is 1.48. The average molecular weight is 480 g/mol. The van der Waals surface area contributed by atoms with Crippen molar-refractivity contribution in [2.24, 2.45) is 5.73 Å². The van der Waals surface area contributed by atoms with E-state index >= 15 is 0 Å². The van der Waals surface area contributed by atoms with E-state index in [1.807, 2.05) is 0 Å². The number of rotatable bonds is 6. The fourth-order valence-corrected chi connectivity index (χ4v) is 3.28. The summed E-state index contributed by atoms with van der Waals surface area (Å²) >= 11 is 1.23. The lowest BCUT2D eigenvalue weighted by molar-refractivity contribution is 0.0997. The van der Waals surface area contributed by atoms with Crippen LogP contribution >= 0.6 is 15.9 Å². The Labute approximate surface area is 176 Å². The zero-order valence-electron chi connectivity index (χ0n) is 14.9. The fraction of sp³-hybridized carbons (Fsp3) is 0.0556. The molecule has 0 radical (unpaired) electrons. The molecule has 0 aliphatic rings. The molecule has 1 aromatic heterocycles. The summed E-state index contributed by atoms with van der Waals surface area (Å²) in [5.74, 6) is -1.16. The van der Waals surface area contributed by atoms with Crippen molar-refractivity contribution in [3.8, 4) is 0 Å². The first-order chi connectivity index (χ1) is 13.8. The van der Waals surface area contributed by atoms with E-state index in [4.69, 9.17) is 5.73 Å². The van der Waals surface area contributed by atoms with Gasteiger partial charge in [-0.15, -0.1) is 0 Å². The highest BCUT2D eigenvalue weighted by atomic mass is 79.9. The third-order valence-electron chi connectivity index (χ3n) is 3.90. The molecular weight excluding hydrogens is 465 g/mol. The Morgan fingerprint density at radius 1 is 1.24 bits per heavy atom. The van der Waals surface area contributed by atoms with E-state index in [9.17, 15) is 17.9 Å². The maximum atomic E-state index is 14.0. The molecule has 29 heavy (non-hydrogen) atoms. The van der Waals surface area contributed by atoms with Crippen LogP contribution in [-0.2, 0) is 11.1 Å². The van der Waals surface area contributed by atoms with Crippen molar-refractivity contribution < 1.29 is 17.9 Å². The van der Waals surface area contributed by atoms with Gasteiger partial charge >= 0.3 is 0 Å². The molecule has 0 saturated heterocycles. The summed E-state index contributed by atoms with van der Waals surface area (Å²) in [7, 11) is 0. The van der Waals surface area contributed by atoms with Gasteiger partial charge in [0.15, 0.2) is 11.1 Å². The van der Waals surface area contributed by atoms with E-state index in [2.05, 4.69) is 36.5 Å². The van der Waals surface area contributed by atoms with Crippen molar-refractivity contribution in [1.29, 1.82) is 0 Å². The van der Waals surface area contributed by atoms with Gasteiger partial charge < -0.3 is 20.9 Å². The highest BCUT2D eigenvalue weighted by molar-refractivity contribution is 9.10. The summed E-state index contributed by atoms with van der Waals surface area (Å²) in [6, 6.07) is 8.79. The van der Waals surface area contributed by atoms with E-state index in [1.165, 1.54) is 24.4 Å². The third kappa shape index (κ3) is 4.75. The van der Waals surface area contributed by atoms with Crippen LogP contribution in [0.15, 0.2) is 52.0 Å². The standard InChI is InChI=1S/C18H15BrFN5O3S/c1-9-7-10(29(27)28)5-6-13(9)24-18-22-8-11(19)17(25-18)23-14-4-2-3-12(20)15(14)16(21)26/h2-8H,1H3,(H2,21,26)(H,27,28)(H2,22,23,24,25). The van der Waals surface area contributed by atoms with Crippen LogP contribution < -0.4 is 16.4 Å². The highest BCUT2D eigenvalue weighted by Gasteiger charge is 2.16. The topological polar surface area (TPSA) is 130 Å². The van der Waals surface area contributed by atoms with Gasteiger partial charge in [0, 0.05) is 11.9 Å². The zero-order valence-corrected chi connectivity index (χ0v) is 17.3. The van der Waals surface area contributed by atoms with Crippen LogP contribution in [0, 0.1) is 12.7 Å². The molecule has 8 nitrogen and oxygen atoms in total. The van der Waals surface area contributed by atoms with Crippen LogP contribution in [-0.4, -0.2) is 24.6 Å². The molecule has 0 aliphatic carbocycles. The summed E-state index contributed by atoms with van der Waals surface area (Å²) in [5, 5.41) is 5.89. The number of primary amides is 1. The molecule has 1 atom stereocenters. The zero-order chi connectivity index (χ0) is 21.1. The van der Waals surface area contributed by atoms with Crippen LogP contribution in [0.4, 0.5) is 27.5 Å². The molecule has 3 aromatic rings. The lowest BCUT2D eigenvalue weighted by Gasteiger charge is -2.13. The Kier molecular flexibility index (Phi) is 6.20. The van der Waals surface area contributed by atoms with E-state index in [1.54, 1.807) is 19.1 Å². The molecule has 0 spiro atoms. The van der Waals surface area contributed by atoms with Gasteiger partial charge in [0.25, 0.3) is 5.91 Å². The molecule has 1 amide bonds. The minimum absolute atomic E-state index is 0.161. The van der Waals surface area contributed by atoms with Crippen molar-refractivity contribution in [3.05, 3.63) is 64.0 Å². The van der Waals surface area contributed by atoms with Crippen LogP contribution in [0.1, 0.15) is 15.9 Å². The first kappa shape index (κ1) is 20.8. The molecule has 0 fully saturated rings. The number of amides is 1. The third-order valence-corrected chi connectivity index (χ3v) is 5.14. The molecule has 11 heteroatoms. The summed E-state index contributed by atoms with van der Waals surface area (Å²) in [5.41, 5.74) is 6.50. The maximum absolute atomic E-state index is 14.0. The molecular formula is C18H15BrFN5O3S. The molecule has 1 unspecified atom stereocenters. The maximum Gasteiger partial charge on any atom is 0.253 e.